The van der Waals surface area contributed by atoms with E-state index in [2.05, 4.69) is 23.8 Å². The van der Waals surface area contributed by atoms with E-state index in [-0.39, 0.29) is 23.8 Å². The lowest BCUT2D eigenvalue weighted by molar-refractivity contribution is 0.0332. The third kappa shape index (κ3) is 3.62. The Balaban J connectivity index is 1.77. The number of hydrogen-bond acceptors (Lipinski definition) is 4. The molecule has 24 heavy (non-hydrogen) atoms. The van der Waals surface area contributed by atoms with E-state index in [1.165, 1.54) is 0 Å². The highest BCUT2D eigenvalue weighted by atomic mass is 16.3. The summed E-state index contributed by atoms with van der Waals surface area (Å²) in [4.78, 5) is 23.0. The first-order valence-electron chi connectivity index (χ1n) is 8.25. The van der Waals surface area contributed by atoms with Gasteiger partial charge in [0.05, 0.1) is 11.3 Å². The van der Waals surface area contributed by atoms with E-state index in [0.717, 1.165) is 17.7 Å². The van der Waals surface area contributed by atoms with Crippen LogP contribution >= 0.6 is 0 Å². The predicted molar refractivity (Wildman–Crippen MR) is 92.3 cm³/mol. The number of carbonyl (C=O) groups is 1. The highest BCUT2D eigenvalue weighted by Crippen LogP contribution is 2.32. The lowest BCUT2D eigenvalue weighted by Crippen LogP contribution is -2.48. The van der Waals surface area contributed by atoms with Gasteiger partial charge in [-0.3, -0.25) is 14.8 Å². The molecular formula is C19H23N3O2. The summed E-state index contributed by atoms with van der Waals surface area (Å²) in [7, 11) is 0. The van der Waals surface area contributed by atoms with Gasteiger partial charge in [0.15, 0.2) is 0 Å². The third-order valence-corrected chi connectivity index (χ3v) is 4.47. The van der Waals surface area contributed by atoms with Crippen molar-refractivity contribution in [1.82, 2.24) is 14.9 Å². The molecule has 1 fully saturated rings. The zero-order valence-corrected chi connectivity index (χ0v) is 14.1. The molecule has 1 N–H and O–H groups in total. The summed E-state index contributed by atoms with van der Waals surface area (Å²) in [5, 5.41) is 9.50. The summed E-state index contributed by atoms with van der Waals surface area (Å²) in [5.74, 6) is 0.122. The van der Waals surface area contributed by atoms with Gasteiger partial charge < -0.3 is 10.0 Å². The Bertz CT molecular complexity index is 698. The molecule has 0 radical (unpaired) electrons. The monoisotopic (exact) mass is 325 g/mol. The number of nitrogens with zero attached hydrogens (tertiary/aromatic N) is 3. The van der Waals surface area contributed by atoms with Gasteiger partial charge in [0, 0.05) is 49.8 Å². The summed E-state index contributed by atoms with van der Waals surface area (Å²) < 4.78 is 0. The van der Waals surface area contributed by atoms with Crippen molar-refractivity contribution in [1.29, 1.82) is 0 Å². The molecule has 2 aromatic heterocycles. The maximum absolute atomic E-state index is 12.8. The molecule has 2 aromatic rings. The van der Waals surface area contributed by atoms with Crippen molar-refractivity contribution < 1.29 is 9.90 Å². The molecule has 1 amide bonds. The second kappa shape index (κ2) is 6.69. The van der Waals surface area contributed by atoms with Crippen molar-refractivity contribution in [3.8, 4) is 11.3 Å². The van der Waals surface area contributed by atoms with E-state index in [4.69, 9.17) is 0 Å². The van der Waals surface area contributed by atoms with Crippen LogP contribution in [0.3, 0.4) is 0 Å². The van der Waals surface area contributed by atoms with Crippen molar-refractivity contribution in [3.63, 3.8) is 0 Å². The molecule has 1 unspecified atom stereocenters. The minimum Gasteiger partial charge on any atom is -0.396 e. The van der Waals surface area contributed by atoms with E-state index in [9.17, 15) is 9.90 Å². The van der Waals surface area contributed by atoms with Crippen molar-refractivity contribution in [2.24, 2.45) is 11.3 Å². The van der Waals surface area contributed by atoms with E-state index in [1.54, 1.807) is 18.6 Å². The Morgan fingerprint density at radius 2 is 2.04 bits per heavy atom. The summed E-state index contributed by atoms with van der Waals surface area (Å²) >= 11 is 0. The molecule has 5 nitrogen and oxygen atoms in total. The zero-order chi connectivity index (χ0) is 17.2. The molecule has 0 aliphatic carbocycles. The Morgan fingerprint density at radius 3 is 2.67 bits per heavy atom. The molecule has 0 saturated carbocycles. The SMILES string of the molecule is CC1(C)CC(CO)CN(C(=O)c2ccc(-c3ccncc3)nc2)C1. The standard InChI is InChI=1S/C19H23N3O2/c1-19(2)9-14(12-23)11-22(13-19)18(24)16-3-4-17(21-10-16)15-5-7-20-8-6-15/h3-8,10,14,23H,9,11-13H2,1-2H3. The topological polar surface area (TPSA) is 66.3 Å². The number of hydrogen-bond donors (Lipinski definition) is 1. The van der Waals surface area contributed by atoms with Crippen LogP contribution in [0.15, 0.2) is 42.9 Å². The fraction of sp³-hybridized carbons (Fsp3) is 0.421. The average molecular weight is 325 g/mol. The van der Waals surface area contributed by atoms with Crippen LogP contribution in [0.25, 0.3) is 11.3 Å². The molecule has 0 aromatic carbocycles. The first kappa shape index (κ1) is 16.6. The smallest absolute Gasteiger partial charge is 0.255 e. The molecule has 3 rings (SSSR count). The number of aromatic nitrogens is 2. The zero-order valence-electron chi connectivity index (χ0n) is 14.1. The first-order chi connectivity index (χ1) is 11.5. The van der Waals surface area contributed by atoms with E-state index in [1.807, 2.05) is 29.2 Å². The van der Waals surface area contributed by atoms with E-state index >= 15 is 0 Å². The second-order valence-corrected chi connectivity index (χ2v) is 7.27. The summed E-state index contributed by atoms with van der Waals surface area (Å²) in [6.45, 7) is 5.70. The maximum atomic E-state index is 12.8. The Kier molecular flexibility index (Phi) is 4.62. The van der Waals surface area contributed by atoms with Crippen LogP contribution in [0.5, 0.6) is 0 Å². The number of rotatable bonds is 3. The van der Waals surface area contributed by atoms with Crippen LogP contribution in [0.1, 0.15) is 30.6 Å². The van der Waals surface area contributed by atoms with Gasteiger partial charge in [-0.25, -0.2) is 0 Å². The second-order valence-electron chi connectivity index (χ2n) is 7.27. The van der Waals surface area contributed by atoms with Crippen LogP contribution in [-0.4, -0.2) is 45.6 Å². The van der Waals surface area contributed by atoms with Gasteiger partial charge in [-0.05, 0) is 36.1 Å². The van der Waals surface area contributed by atoms with Crippen LogP contribution in [0, 0.1) is 11.3 Å². The molecule has 5 heteroatoms. The molecule has 1 aliphatic rings. The van der Waals surface area contributed by atoms with Gasteiger partial charge in [0.1, 0.15) is 0 Å². The summed E-state index contributed by atoms with van der Waals surface area (Å²) in [5.41, 5.74) is 2.40. The fourth-order valence-electron chi connectivity index (χ4n) is 3.48. The Hall–Kier alpha value is -2.27. The van der Waals surface area contributed by atoms with Crippen molar-refractivity contribution >= 4 is 5.91 Å². The predicted octanol–water partition coefficient (Wildman–Crippen LogP) is 2.62. The van der Waals surface area contributed by atoms with Crippen molar-refractivity contribution in [3.05, 3.63) is 48.4 Å². The molecule has 0 spiro atoms. The largest absolute Gasteiger partial charge is 0.396 e. The van der Waals surface area contributed by atoms with Gasteiger partial charge in [0.25, 0.3) is 5.91 Å². The van der Waals surface area contributed by atoms with E-state index in [0.29, 0.717) is 18.7 Å². The number of piperidine rings is 1. The molecule has 0 bridgehead atoms. The maximum Gasteiger partial charge on any atom is 0.255 e. The minimum absolute atomic E-state index is 0.0185. The lowest BCUT2D eigenvalue weighted by Gasteiger charge is -2.42. The number of pyridine rings is 2. The van der Waals surface area contributed by atoms with Crippen molar-refractivity contribution in [2.45, 2.75) is 20.3 Å². The molecule has 126 valence electrons. The first-order valence-corrected chi connectivity index (χ1v) is 8.25. The Labute approximate surface area is 142 Å². The van der Waals surface area contributed by atoms with Gasteiger partial charge in [0.2, 0.25) is 0 Å². The lowest BCUT2D eigenvalue weighted by atomic mass is 9.78. The van der Waals surface area contributed by atoms with Gasteiger partial charge in [-0.15, -0.1) is 0 Å². The summed E-state index contributed by atoms with van der Waals surface area (Å²) in [6, 6.07) is 7.47. The van der Waals surface area contributed by atoms with Gasteiger partial charge in [-0.1, -0.05) is 13.8 Å². The van der Waals surface area contributed by atoms with Crippen LogP contribution < -0.4 is 0 Å². The van der Waals surface area contributed by atoms with Crippen LogP contribution in [-0.2, 0) is 0 Å². The average Bonchev–Trinajstić information content (AvgIpc) is 2.60. The quantitative estimate of drug-likeness (QED) is 0.942. The van der Waals surface area contributed by atoms with E-state index < -0.39 is 0 Å². The number of amides is 1. The molecule has 1 atom stereocenters. The number of aliphatic hydroxyl groups is 1. The Morgan fingerprint density at radius 1 is 1.29 bits per heavy atom. The van der Waals surface area contributed by atoms with Gasteiger partial charge in [-0.2, -0.15) is 0 Å². The number of carbonyl (C=O) groups excluding carboxylic acids is 1. The summed E-state index contributed by atoms with van der Waals surface area (Å²) in [6.07, 6.45) is 6.02. The molecule has 3 heterocycles. The van der Waals surface area contributed by atoms with Crippen LogP contribution in [0.4, 0.5) is 0 Å². The van der Waals surface area contributed by atoms with Crippen molar-refractivity contribution in [2.75, 3.05) is 19.7 Å². The van der Waals surface area contributed by atoms with Crippen LogP contribution in [0.2, 0.25) is 0 Å². The fourth-order valence-corrected chi connectivity index (χ4v) is 3.48. The third-order valence-electron chi connectivity index (χ3n) is 4.47. The number of likely N-dealkylation sites (tertiary alicyclic amines) is 1. The highest BCUT2D eigenvalue weighted by Gasteiger charge is 2.34. The number of aliphatic hydroxyl groups excluding tert-OH is 1. The molecule has 1 saturated heterocycles. The molecule has 1 aliphatic heterocycles. The highest BCUT2D eigenvalue weighted by molar-refractivity contribution is 5.94. The van der Waals surface area contributed by atoms with Gasteiger partial charge >= 0.3 is 0 Å². The minimum atomic E-state index is -0.0185. The molecular weight excluding hydrogens is 302 g/mol. The normalized spacial score (nSPS) is 20.0.